The third-order valence-corrected chi connectivity index (χ3v) is 3.94. The van der Waals surface area contributed by atoms with Gasteiger partial charge in [0.25, 0.3) is 0 Å². The molecule has 3 fully saturated rings. The Morgan fingerprint density at radius 3 is 2.38 bits per heavy atom. The molecule has 0 spiro atoms. The third kappa shape index (κ3) is 3.11. The Morgan fingerprint density at radius 1 is 1.00 bits per heavy atom. The second kappa shape index (κ2) is 5.44. The first-order chi connectivity index (χ1) is 9.81. The van der Waals surface area contributed by atoms with Gasteiger partial charge in [0.15, 0.2) is 17.9 Å². The Hall–Kier alpha value is -0.240. The summed E-state index contributed by atoms with van der Waals surface area (Å²) in [5.41, 5.74) is 0. The fraction of sp³-hybridized carbons (Fsp3) is 1.00. The third-order valence-electron chi connectivity index (χ3n) is 3.94. The molecule has 6 heteroatoms. The molecule has 0 aromatic heterocycles. The zero-order chi connectivity index (χ0) is 15.3. The lowest BCUT2D eigenvalue weighted by Crippen LogP contribution is -2.44. The summed E-state index contributed by atoms with van der Waals surface area (Å²) in [7, 11) is 0. The fourth-order valence-corrected chi connectivity index (χ4v) is 3.12. The lowest BCUT2D eigenvalue weighted by Gasteiger charge is -2.29. The van der Waals surface area contributed by atoms with Crippen LogP contribution in [0.4, 0.5) is 0 Å². The molecule has 0 N–H and O–H groups in total. The first-order valence-corrected chi connectivity index (χ1v) is 7.76. The van der Waals surface area contributed by atoms with Gasteiger partial charge in [0.1, 0.15) is 24.4 Å². The van der Waals surface area contributed by atoms with E-state index in [-0.39, 0.29) is 24.4 Å². The molecule has 0 radical (unpaired) electrons. The molecule has 3 aliphatic heterocycles. The molecule has 0 bridgehead atoms. The maximum Gasteiger partial charge on any atom is 0.190 e. The van der Waals surface area contributed by atoms with Crippen molar-refractivity contribution in [2.75, 3.05) is 13.2 Å². The van der Waals surface area contributed by atoms with E-state index in [0.29, 0.717) is 13.2 Å². The van der Waals surface area contributed by atoms with Crippen LogP contribution in [0.15, 0.2) is 0 Å². The van der Waals surface area contributed by atoms with Gasteiger partial charge in [0, 0.05) is 6.61 Å². The van der Waals surface area contributed by atoms with Gasteiger partial charge in [-0.1, -0.05) is 6.92 Å². The van der Waals surface area contributed by atoms with E-state index in [2.05, 4.69) is 6.92 Å². The highest BCUT2D eigenvalue weighted by molar-refractivity contribution is 4.98. The Bertz CT molecular complexity index is 382. The minimum absolute atomic E-state index is 0.164. The number of fused-ring (bicyclic) bond motifs is 1. The van der Waals surface area contributed by atoms with E-state index < -0.39 is 17.9 Å². The van der Waals surface area contributed by atoms with E-state index in [4.69, 9.17) is 28.4 Å². The van der Waals surface area contributed by atoms with Crippen molar-refractivity contribution < 1.29 is 28.4 Å². The average molecular weight is 302 g/mol. The minimum Gasteiger partial charge on any atom is -0.372 e. The van der Waals surface area contributed by atoms with Gasteiger partial charge < -0.3 is 28.4 Å². The smallest absolute Gasteiger partial charge is 0.190 e. The molecule has 0 unspecified atom stereocenters. The van der Waals surface area contributed by atoms with Gasteiger partial charge in [-0.15, -0.1) is 0 Å². The zero-order valence-corrected chi connectivity index (χ0v) is 13.5. The summed E-state index contributed by atoms with van der Waals surface area (Å²) >= 11 is 0. The topological polar surface area (TPSA) is 55.4 Å². The molecule has 3 saturated heterocycles. The molecule has 3 heterocycles. The summed E-state index contributed by atoms with van der Waals surface area (Å²) in [5, 5.41) is 0. The van der Waals surface area contributed by atoms with Crippen LogP contribution in [0.25, 0.3) is 0 Å². The molecule has 6 nitrogen and oxygen atoms in total. The summed E-state index contributed by atoms with van der Waals surface area (Å²) in [6, 6.07) is 0. The summed E-state index contributed by atoms with van der Waals surface area (Å²) in [4.78, 5) is 0. The van der Waals surface area contributed by atoms with Crippen LogP contribution in [0, 0.1) is 0 Å². The van der Waals surface area contributed by atoms with Gasteiger partial charge in [-0.25, -0.2) is 0 Å². The van der Waals surface area contributed by atoms with Crippen molar-refractivity contribution in [2.24, 2.45) is 0 Å². The van der Waals surface area contributed by atoms with Crippen LogP contribution < -0.4 is 0 Å². The lowest BCUT2D eigenvalue weighted by molar-refractivity contribution is -0.235. The Morgan fingerprint density at radius 2 is 1.76 bits per heavy atom. The second-order valence-electron chi connectivity index (χ2n) is 6.77. The van der Waals surface area contributed by atoms with Gasteiger partial charge in [-0.2, -0.15) is 0 Å². The van der Waals surface area contributed by atoms with Crippen LogP contribution in [0.5, 0.6) is 0 Å². The number of hydrogen-bond donors (Lipinski definition) is 0. The standard InChI is InChI=1S/C15H26O6/c1-6-7-16-11-10(9-8-17-14(2,3)19-9)18-13-12(11)20-15(4,5)21-13/h9-13H,6-8H2,1-5H3/t9-,10-,11-,12+,13-/m0/s1. The molecule has 0 saturated carbocycles. The summed E-state index contributed by atoms with van der Waals surface area (Å²) in [6.07, 6.45) is -0.271. The van der Waals surface area contributed by atoms with E-state index in [9.17, 15) is 0 Å². The van der Waals surface area contributed by atoms with Crippen molar-refractivity contribution in [3.8, 4) is 0 Å². The van der Waals surface area contributed by atoms with Gasteiger partial charge in [0.2, 0.25) is 0 Å². The average Bonchev–Trinajstić information content (AvgIpc) is 2.96. The van der Waals surface area contributed by atoms with E-state index in [1.807, 2.05) is 27.7 Å². The first kappa shape index (κ1) is 15.6. The van der Waals surface area contributed by atoms with Crippen LogP contribution in [0.2, 0.25) is 0 Å². The Balaban J connectivity index is 1.72. The Labute approximate surface area is 126 Å². The maximum absolute atomic E-state index is 6.03. The molecule has 0 aliphatic carbocycles. The fourth-order valence-electron chi connectivity index (χ4n) is 3.12. The highest BCUT2D eigenvalue weighted by Crippen LogP contribution is 2.41. The summed E-state index contributed by atoms with van der Waals surface area (Å²) in [5.74, 6) is -1.22. The number of rotatable bonds is 4. The van der Waals surface area contributed by atoms with E-state index >= 15 is 0 Å². The van der Waals surface area contributed by atoms with Crippen molar-refractivity contribution in [2.45, 2.75) is 83.3 Å². The molecule has 3 rings (SSSR count). The molecule has 21 heavy (non-hydrogen) atoms. The molecular formula is C15H26O6. The molecule has 5 atom stereocenters. The number of hydrogen-bond acceptors (Lipinski definition) is 6. The molecular weight excluding hydrogens is 276 g/mol. The predicted molar refractivity (Wildman–Crippen MR) is 73.6 cm³/mol. The molecule has 0 aromatic rings. The largest absolute Gasteiger partial charge is 0.372 e. The SMILES string of the molecule is CCCO[C@H]1[C@H]([C@@H]2COC(C)(C)O2)O[C@H]2OC(C)(C)O[C@@H]21. The van der Waals surface area contributed by atoms with Crippen molar-refractivity contribution in [3.05, 3.63) is 0 Å². The minimum atomic E-state index is -0.638. The van der Waals surface area contributed by atoms with Crippen LogP contribution in [-0.4, -0.2) is 55.5 Å². The molecule has 0 aromatic carbocycles. The lowest BCUT2D eigenvalue weighted by atomic mass is 10.1. The van der Waals surface area contributed by atoms with Crippen LogP contribution >= 0.6 is 0 Å². The van der Waals surface area contributed by atoms with Crippen molar-refractivity contribution >= 4 is 0 Å². The molecule has 122 valence electrons. The molecule has 3 aliphatic rings. The van der Waals surface area contributed by atoms with Crippen molar-refractivity contribution in [3.63, 3.8) is 0 Å². The monoisotopic (exact) mass is 302 g/mol. The zero-order valence-electron chi connectivity index (χ0n) is 13.5. The van der Waals surface area contributed by atoms with Gasteiger partial charge in [0.05, 0.1) is 6.61 Å². The first-order valence-electron chi connectivity index (χ1n) is 7.76. The predicted octanol–water partition coefficient (Wildman–Crippen LogP) is 1.81. The van der Waals surface area contributed by atoms with Gasteiger partial charge >= 0.3 is 0 Å². The normalized spacial score (nSPS) is 44.1. The quantitative estimate of drug-likeness (QED) is 0.789. The van der Waals surface area contributed by atoms with Crippen molar-refractivity contribution in [1.82, 2.24) is 0 Å². The highest BCUT2D eigenvalue weighted by atomic mass is 16.8. The van der Waals surface area contributed by atoms with Gasteiger partial charge in [-0.05, 0) is 34.1 Å². The van der Waals surface area contributed by atoms with Crippen LogP contribution in [-0.2, 0) is 28.4 Å². The maximum atomic E-state index is 6.03. The van der Waals surface area contributed by atoms with E-state index in [1.54, 1.807) is 0 Å². The molecule has 0 amide bonds. The van der Waals surface area contributed by atoms with E-state index in [0.717, 1.165) is 6.42 Å². The van der Waals surface area contributed by atoms with Crippen LogP contribution in [0.3, 0.4) is 0 Å². The van der Waals surface area contributed by atoms with Crippen LogP contribution in [0.1, 0.15) is 41.0 Å². The summed E-state index contributed by atoms with van der Waals surface area (Å²) < 4.78 is 35.3. The highest BCUT2D eigenvalue weighted by Gasteiger charge is 2.58. The summed E-state index contributed by atoms with van der Waals surface area (Å²) in [6.45, 7) is 10.8. The van der Waals surface area contributed by atoms with E-state index in [1.165, 1.54) is 0 Å². The second-order valence-corrected chi connectivity index (χ2v) is 6.77. The van der Waals surface area contributed by atoms with Crippen molar-refractivity contribution in [1.29, 1.82) is 0 Å². The Kier molecular flexibility index (Phi) is 4.05. The van der Waals surface area contributed by atoms with Gasteiger partial charge in [-0.3, -0.25) is 0 Å². The number of ether oxygens (including phenoxy) is 6.